The van der Waals surface area contributed by atoms with E-state index in [4.69, 9.17) is 4.74 Å². The summed E-state index contributed by atoms with van der Waals surface area (Å²) in [4.78, 5) is 2.58. The Labute approximate surface area is 110 Å². The highest BCUT2D eigenvalue weighted by Gasteiger charge is 2.29. The van der Waals surface area contributed by atoms with Crippen molar-refractivity contribution in [2.24, 2.45) is 0 Å². The molecule has 2 aliphatic rings. The number of nitrogens with zero attached hydrogens (tertiary/aromatic N) is 1. The van der Waals surface area contributed by atoms with Crippen LogP contribution in [0.2, 0.25) is 0 Å². The highest BCUT2D eigenvalue weighted by atomic mass is 16.5. The van der Waals surface area contributed by atoms with Crippen LogP contribution in [0.15, 0.2) is 30.3 Å². The first-order valence-corrected chi connectivity index (χ1v) is 7.32. The van der Waals surface area contributed by atoms with E-state index in [0.29, 0.717) is 12.0 Å². The van der Waals surface area contributed by atoms with E-state index in [1.807, 2.05) is 0 Å². The van der Waals surface area contributed by atoms with Crippen LogP contribution in [0.5, 0.6) is 0 Å². The maximum absolute atomic E-state index is 6.07. The summed E-state index contributed by atoms with van der Waals surface area (Å²) in [6.07, 6.45) is 5.61. The lowest BCUT2D eigenvalue weighted by Gasteiger charge is -2.34. The van der Waals surface area contributed by atoms with Crippen molar-refractivity contribution in [3.63, 3.8) is 0 Å². The van der Waals surface area contributed by atoms with E-state index >= 15 is 0 Å². The normalized spacial score (nSPS) is 29.6. The Morgan fingerprint density at radius 3 is 2.61 bits per heavy atom. The average molecular weight is 245 g/mol. The topological polar surface area (TPSA) is 12.5 Å². The fourth-order valence-electron chi connectivity index (χ4n) is 3.32. The Hall–Kier alpha value is -0.860. The fourth-order valence-corrected chi connectivity index (χ4v) is 3.32. The number of ether oxygens (including phenoxy) is 1. The zero-order valence-electron chi connectivity index (χ0n) is 11.1. The summed E-state index contributed by atoms with van der Waals surface area (Å²) in [5.74, 6) is 0.598. The van der Waals surface area contributed by atoms with Crippen molar-refractivity contribution in [3.8, 4) is 0 Å². The van der Waals surface area contributed by atoms with E-state index in [-0.39, 0.29) is 0 Å². The Morgan fingerprint density at radius 2 is 1.83 bits per heavy atom. The molecule has 0 radical (unpaired) electrons. The van der Waals surface area contributed by atoms with Gasteiger partial charge in [0.1, 0.15) is 0 Å². The smallest absolute Gasteiger partial charge is 0.0770 e. The van der Waals surface area contributed by atoms with Crippen molar-refractivity contribution in [2.75, 3.05) is 26.2 Å². The summed E-state index contributed by atoms with van der Waals surface area (Å²) in [5.41, 5.74) is 1.46. The van der Waals surface area contributed by atoms with Gasteiger partial charge in [0.15, 0.2) is 0 Å². The molecule has 2 heteroatoms. The largest absolute Gasteiger partial charge is 0.376 e. The summed E-state index contributed by atoms with van der Waals surface area (Å²) in [6.45, 7) is 4.60. The molecule has 0 N–H and O–H groups in total. The predicted octanol–water partition coefficient (Wildman–Crippen LogP) is 3.05. The van der Waals surface area contributed by atoms with Crippen molar-refractivity contribution >= 4 is 0 Å². The van der Waals surface area contributed by atoms with Gasteiger partial charge in [0.2, 0.25) is 0 Å². The van der Waals surface area contributed by atoms with Crippen LogP contribution in [0.1, 0.15) is 37.2 Å². The zero-order valence-corrected chi connectivity index (χ0v) is 11.1. The summed E-state index contributed by atoms with van der Waals surface area (Å²) < 4.78 is 6.07. The van der Waals surface area contributed by atoms with Gasteiger partial charge >= 0.3 is 0 Å². The third-order valence-electron chi connectivity index (χ3n) is 4.30. The first-order valence-electron chi connectivity index (χ1n) is 7.32. The highest BCUT2D eigenvalue weighted by Crippen LogP contribution is 2.31. The first-order chi connectivity index (χ1) is 8.93. The quantitative estimate of drug-likeness (QED) is 0.811. The van der Waals surface area contributed by atoms with Gasteiger partial charge in [-0.2, -0.15) is 0 Å². The van der Waals surface area contributed by atoms with Crippen molar-refractivity contribution in [3.05, 3.63) is 35.9 Å². The molecular weight excluding hydrogens is 222 g/mol. The number of hydrogen-bond acceptors (Lipinski definition) is 2. The van der Waals surface area contributed by atoms with Crippen molar-refractivity contribution in [1.82, 2.24) is 4.90 Å². The molecular formula is C16H23NO. The summed E-state index contributed by atoms with van der Waals surface area (Å²) in [7, 11) is 0. The monoisotopic (exact) mass is 245 g/mol. The van der Waals surface area contributed by atoms with Gasteiger partial charge in [-0.15, -0.1) is 0 Å². The molecule has 18 heavy (non-hydrogen) atoms. The minimum Gasteiger partial charge on any atom is -0.376 e. The van der Waals surface area contributed by atoms with E-state index in [9.17, 15) is 0 Å². The summed E-state index contributed by atoms with van der Waals surface area (Å²) >= 11 is 0. The molecule has 1 aromatic carbocycles. The van der Waals surface area contributed by atoms with Crippen LogP contribution in [-0.4, -0.2) is 37.2 Å². The minimum atomic E-state index is 0.402. The van der Waals surface area contributed by atoms with Gasteiger partial charge in [-0.3, -0.25) is 0 Å². The van der Waals surface area contributed by atoms with E-state index in [1.165, 1.54) is 44.3 Å². The number of hydrogen-bond donors (Lipinski definition) is 0. The number of likely N-dealkylation sites (tertiary alicyclic amines) is 1. The van der Waals surface area contributed by atoms with Gasteiger partial charge in [0.05, 0.1) is 6.10 Å². The maximum atomic E-state index is 6.07. The molecule has 2 heterocycles. The van der Waals surface area contributed by atoms with Gasteiger partial charge < -0.3 is 9.64 Å². The third kappa shape index (κ3) is 2.76. The van der Waals surface area contributed by atoms with Gasteiger partial charge in [-0.1, -0.05) is 30.3 Å². The molecule has 3 rings (SSSR count). The molecule has 2 atom stereocenters. The Balaban J connectivity index is 1.69. The van der Waals surface area contributed by atoms with E-state index in [0.717, 1.165) is 13.2 Å². The Kier molecular flexibility index (Phi) is 3.96. The molecule has 2 aliphatic heterocycles. The van der Waals surface area contributed by atoms with Crippen LogP contribution in [0.4, 0.5) is 0 Å². The second-order valence-electron chi connectivity index (χ2n) is 5.58. The van der Waals surface area contributed by atoms with Gasteiger partial charge in [0.25, 0.3) is 0 Å². The molecule has 0 aliphatic carbocycles. The molecule has 2 saturated heterocycles. The number of benzene rings is 1. The Morgan fingerprint density at radius 1 is 1.06 bits per heavy atom. The molecule has 1 aromatic rings. The minimum absolute atomic E-state index is 0.402. The first kappa shape index (κ1) is 12.2. The maximum Gasteiger partial charge on any atom is 0.0770 e. The van der Waals surface area contributed by atoms with Crippen LogP contribution in [0, 0.1) is 0 Å². The molecule has 2 fully saturated rings. The van der Waals surface area contributed by atoms with Crippen molar-refractivity contribution in [1.29, 1.82) is 0 Å². The van der Waals surface area contributed by atoms with Gasteiger partial charge in [-0.25, -0.2) is 0 Å². The highest BCUT2D eigenvalue weighted by molar-refractivity contribution is 5.21. The molecule has 2 nitrogen and oxygen atoms in total. The predicted molar refractivity (Wildman–Crippen MR) is 73.8 cm³/mol. The van der Waals surface area contributed by atoms with Crippen LogP contribution in [-0.2, 0) is 4.74 Å². The summed E-state index contributed by atoms with van der Waals surface area (Å²) in [6, 6.07) is 10.9. The van der Waals surface area contributed by atoms with Crippen LogP contribution < -0.4 is 0 Å². The van der Waals surface area contributed by atoms with Crippen LogP contribution in [0.25, 0.3) is 0 Å². The zero-order chi connectivity index (χ0) is 12.2. The van der Waals surface area contributed by atoms with E-state index < -0.39 is 0 Å². The van der Waals surface area contributed by atoms with Crippen molar-refractivity contribution in [2.45, 2.75) is 37.7 Å². The Bertz CT molecular complexity index is 359. The SMILES string of the molecule is c1ccc(C2CCCOC2CN2CCCC2)cc1. The van der Waals surface area contributed by atoms with Gasteiger partial charge in [-0.05, 0) is 44.3 Å². The molecule has 2 unspecified atom stereocenters. The lowest BCUT2D eigenvalue weighted by molar-refractivity contribution is -0.0174. The molecule has 0 aromatic heterocycles. The second kappa shape index (κ2) is 5.85. The number of rotatable bonds is 3. The van der Waals surface area contributed by atoms with Crippen LogP contribution >= 0.6 is 0 Å². The lowest BCUT2D eigenvalue weighted by Crippen LogP contribution is -2.38. The fraction of sp³-hybridized carbons (Fsp3) is 0.625. The van der Waals surface area contributed by atoms with E-state index in [2.05, 4.69) is 35.2 Å². The molecule has 0 spiro atoms. The molecule has 0 bridgehead atoms. The molecule has 0 saturated carbocycles. The standard InChI is InChI=1S/C16H23NO/c1-2-7-14(8-3-1)15-9-6-12-18-16(15)13-17-10-4-5-11-17/h1-3,7-8,15-16H,4-6,9-13H2. The van der Waals surface area contributed by atoms with E-state index in [1.54, 1.807) is 0 Å². The third-order valence-corrected chi connectivity index (χ3v) is 4.30. The summed E-state index contributed by atoms with van der Waals surface area (Å²) in [5, 5.41) is 0. The lowest BCUT2D eigenvalue weighted by atomic mass is 9.87. The van der Waals surface area contributed by atoms with Crippen LogP contribution in [0.3, 0.4) is 0 Å². The molecule has 0 amide bonds. The second-order valence-corrected chi connectivity index (χ2v) is 5.58. The molecule has 98 valence electrons. The van der Waals surface area contributed by atoms with Crippen molar-refractivity contribution < 1.29 is 4.74 Å². The average Bonchev–Trinajstić information content (AvgIpc) is 2.93. The van der Waals surface area contributed by atoms with Gasteiger partial charge in [0, 0.05) is 19.1 Å².